The van der Waals surface area contributed by atoms with Crippen LogP contribution in [0.4, 0.5) is 0 Å². The number of carbonyl (C=O) groups is 2. The fourth-order valence-electron chi connectivity index (χ4n) is 4.79. The SMILES string of the molecule is COCc1ccc(C(=O)N2CCC3(CC2)CC(c2ccccc2)C(=O)N(C)C3)o1. The second-order valence-corrected chi connectivity index (χ2v) is 8.35. The van der Waals surface area contributed by atoms with Gasteiger partial charge in [0.25, 0.3) is 5.91 Å². The Balaban J connectivity index is 1.44. The summed E-state index contributed by atoms with van der Waals surface area (Å²) in [5, 5.41) is 0. The maximum Gasteiger partial charge on any atom is 0.289 e. The predicted molar refractivity (Wildman–Crippen MR) is 108 cm³/mol. The Morgan fingerprint density at radius 3 is 2.59 bits per heavy atom. The van der Waals surface area contributed by atoms with Gasteiger partial charge in [0, 0.05) is 33.8 Å². The highest BCUT2D eigenvalue weighted by atomic mass is 16.5. The molecule has 1 spiro atoms. The summed E-state index contributed by atoms with van der Waals surface area (Å²) < 4.78 is 10.7. The summed E-state index contributed by atoms with van der Waals surface area (Å²) in [5.41, 5.74) is 1.15. The molecule has 0 saturated carbocycles. The predicted octanol–water partition coefficient (Wildman–Crippen LogP) is 3.29. The number of likely N-dealkylation sites (tertiary alicyclic amines) is 2. The van der Waals surface area contributed by atoms with E-state index in [0.29, 0.717) is 31.2 Å². The molecule has 2 aliphatic heterocycles. The first-order valence-corrected chi connectivity index (χ1v) is 10.2. The van der Waals surface area contributed by atoms with E-state index in [2.05, 4.69) is 0 Å². The van der Waals surface area contributed by atoms with Crippen LogP contribution in [0.3, 0.4) is 0 Å². The number of likely N-dealkylation sites (N-methyl/N-ethyl adjacent to an activating group) is 1. The highest BCUT2D eigenvalue weighted by Crippen LogP contribution is 2.45. The molecule has 2 amide bonds. The smallest absolute Gasteiger partial charge is 0.289 e. The number of rotatable bonds is 4. The molecule has 0 aliphatic carbocycles. The van der Waals surface area contributed by atoms with Crippen LogP contribution in [0, 0.1) is 5.41 Å². The number of amides is 2. The minimum Gasteiger partial charge on any atom is -0.453 e. The molecule has 29 heavy (non-hydrogen) atoms. The van der Waals surface area contributed by atoms with Gasteiger partial charge in [-0.15, -0.1) is 0 Å². The van der Waals surface area contributed by atoms with Crippen molar-refractivity contribution in [3.63, 3.8) is 0 Å². The number of methoxy groups -OCH3 is 1. The molecule has 1 aromatic heterocycles. The van der Waals surface area contributed by atoms with E-state index < -0.39 is 0 Å². The molecule has 2 fully saturated rings. The lowest BCUT2D eigenvalue weighted by atomic mass is 9.67. The second-order valence-electron chi connectivity index (χ2n) is 8.35. The molecule has 2 saturated heterocycles. The van der Waals surface area contributed by atoms with Crippen molar-refractivity contribution in [1.82, 2.24) is 9.80 Å². The van der Waals surface area contributed by atoms with Crippen LogP contribution in [0.15, 0.2) is 46.9 Å². The summed E-state index contributed by atoms with van der Waals surface area (Å²) in [7, 11) is 3.50. The summed E-state index contributed by atoms with van der Waals surface area (Å²) in [4.78, 5) is 29.4. The molecule has 0 radical (unpaired) electrons. The van der Waals surface area contributed by atoms with Gasteiger partial charge >= 0.3 is 0 Å². The van der Waals surface area contributed by atoms with Gasteiger partial charge in [0.15, 0.2) is 5.76 Å². The van der Waals surface area contributed by atoms with Crippen LogP contribution >= 0.6 is 0 Å². The Labute approximate surface area is 171 Å². The lowest BCUT2D eigenvalue weighted by molar-refractivity contribution is -0.139. The topological polar surface area (TPSA) is 63.0 Å². The number of furan rings is 1. The van der Waals surface area contributed by atoms with Gasteiger partial charge in [-0.3, -0.25) is 9.59 Å². The number of ether oxygens (including phenoxy) is 1. The van der Waals surface area contributed by atoms with E-state index in [1.165, 1.54) is 0 Å². The van der Waals surface area contributed by atoms with E-state index in [9.17, 15) is 9.59 Å². The van der Waals surface area contributed by atoms with Gasteiger partial charge in [-0.1, -0.05) is 30.3 Å². The zero-order valence-corrected chi connectivity index (χ0v) is 17.1. The molecule has 2 aromatic rings. The highest BCUT2D eigenvalue weighted by Gasteiger charge is 2.45. The molecule has 2 aliphatic rings. The lowest BCUT2D eigenvalue weighted by Crippen LogP contribution is -2.53. The Kier molecular flexibility index (Phi) is 5.46. The molecule has 0 N–H and O–H groups in total. The van der Waals surface area contributed by atoms with Crippen molar-refractivity contribution in [3.8, 4) is 0 Å². The summed E-state index contributed by atoms with van der Waals surface area (Å²) in [5.74, 6) is 1.05. The quantitative estimate of drug-likeness (QED) is 0.796. The molecular weight excluding hydrogens is 368 g/mol. The summed E-state index contributed by atoms with van der Waals surface area (Å²) in [6.07, 6.45) is 2.64. The fourth-order valence-corrected chi connectivity index (χ4v) is 4.79. The minimum absolute atomic E-state index is 0.0598. The third kappa shape index (κ3) is 3.94. The summed E-state index contributed by atoms with van der Waals surface area (Å²) in [6, 6.07) is 13.6. The first-order valence-electron chi connectivity index (χ1n) is 10.2. The van der Waals surface area contributed by atoms with E-state index >= 15 is 0 Å². The molecule has 4 rings (SSSR count). The molecular formula is C23H28N2O4. The normalized spacial score (nSPS) is 21.6. The van der Waals surface area contributed by atoms with Gasteiger partial charge in [-0.05, 0) is 42.4 Å². The third-order valence-corrected chi connectivity index (χ3v) is 6.36. The fraction of sp³-hybridized carbons (Fsp3) is 0.478. The van der Waals surface area contributed by atoms with Crippen LogP contribution in [0.1, 0.15) is 47.1 Å². The first kappa shape index (κ1) is 19.7. The average molecular weight is 396 g/mol. The number of carbonyl (C=O) groups excluding carboxylic acids is 2. The Morgan fingerprint density at radius 1 is 1.17 bits per heavy atom. The molecule has 6 heteroatoms. The van der Waals surface area contributed by atoms with Crippen LogP contribution in [-0.2, 0) is 16.1 Å². The van der Waals surface area contributed by atoms with Gasteiger partial charge in [-0.2, -0.15) is 0 Å². The number of hydrogen-bond acceptors (Lipinski definition) is 4. The largest absolute Gasteiger partial charge is 0.453 e. The maximum absolute atomic E-state index is 12.8. The zero-order chi connectivity index (χ0) is 20.4. The number of hydrogen-bond donors (Lipinski definition) is 0. The lowest BCUT2D eigenvalue weighted by Gasteiger charge is -2.49. The molecule has 0 bridgehead atoms. The van der Waals surface area contributed by atoms with Crippen molar-refractivity contribution < 1.29 is 18.7 Å². The van der Waals surface area contributed by atoms with Crippen molar-refractivity contribution in [1.29, 1.82) is 0 Å². The average Bonchev–Trinajstić information content (AvgIpc) is 3.20. The van der Waals surface area contributed by atoms with E-state index in [4.69, 9.17) is 9.15 Å². The van der Waals surface area contributed by atoms with Crippen molar-refractivity contribution in [2.24, 2.45) is 5.41 Å². The second kappa shape index (κ2) is 8.03. The van der Waals surface area contributed by atoms with Gasteiger partial charge in [-0.25, -0.2) is 0 Å². The Bertz CT molecular complexity index is 868. The summed E-state index contributed by atoms with van der Waals surface area (Å²) >= 11 is 0. The van der Waals surface area contributed by atoms with Crippen LogP contribution in [0.2, 0.25) is 0 Å². The maximum atomic E-state index is 12.8. The Hall–Kier alpha value is -2.60. The molecule has 3 heterocycles. The number of benzene rings is 1. The standard InChI is InChI=1S/C23H28N2O4/c1-24-16-23(14-19(21(24)26)17-6-4-3-5-7-17)10-12-25(13-11-23)22(27)20-9-8-18(29-20)15-28-2/h3-9,19H,10-16H2,1-2H3. The van der Waals surface area contributed by atoms with Crippen molar-refractivity contribution in [2.75, 3.05) is 33.8 Å². The molecule has 1 unspecified atom stereocenters. The van der Waals surface area contributed by atoms with E-state index in [-0.39, 0.29) is 23.1 Å². The number of nitrogens with zero attached hydrogens (tertiary/aromatic N) is 2. The van der Waals surface area contributed by atoms with E-state index in [0.717, 1.165) is 31.4 Å². The third-order valence-electron chi connectivity index (χ3n) is 6.36. The number of piperidine rings is 2. The van der Waals surface area contributed by atoms with Crippen molar-refractivity contribution >= 4 is 11.8 Å². The molecule has 154 valence electrons. The van der Waals surface area contributed by atoms with Gasteiger partial charge < -0.3 is 19.0 Å². The van der Waals surface area contributed by atoms with Crippen molar-refractivity contribution in [2.45, 2.75) is 31.8 Å². The van der Waals surface area contributed by atoms with Crippen molar-refractivity contribution in [3.05, 3.63) is 59.5 Å². The van der Waals surface area contributed by atoms with Crippen LogP contribution < -0.4 is 0 Å². The van der Waals surface area contributed by atoms with Gasteiger partial charge in [0.2, 0.25) is 5.91 Å². The van der Waals surface area contributed by atoms with Crippen LogP contribution in [-0.4, -0.2) is 55.4 Å². The molecule has 6 nitrogen and oxygen atoms in total. The van der Waals surface area contributed by atoms with Gasteiger partial charge in [0.1, 0.15) is 12.4 Å². The van der Waals surface area contributed by atoms with Crippen LogP contribution in [0.25, 0.3) is 0 Å². The van der Waals surface area contributed by atoms with Crippen LogP contribution in [0.5, 0.6) is 0 Å². The molecule has 1 aromatic carbocycles. The highest BCUT2D eigenvalue weighted by molar-refractivity contribution is 5.91. The zero-order valence-electron chi connectivity index (χ0n) is 17.1. The van der Waals surface area contributed by atoms with E-state index in [1.54, 1.807) is 19.2 Å². The van der Waals surface area contributed by atoms with E-state index in [1.807, 2.05) is 47.2 Å². The van der Waals surface area contributed by atoms with Gasteiger partial charge in [0.05, 0.1) is 5.92 Å². The first-order chi connectivity index (χ1) is 14.0. The molecule has 1 atom stereocenters. The summed E-state index contributed by atoms with van der Waals surface area (Å²) in [6.45, 7) is 2.49. The Morgan fingerprint density at radius 2 is 1.90 bits per heavy atom. The monoisotopic (exact) mass is 396 g/mol. The minimum atomic E-state index is -0.0983.